The van der Waals surface area contributed by atoms with Gasteiger partial charge in [-0.3, -0.25) is 9.80 Å². The van der Waals surface area contributed by atoms with Crippen molar-refractivity contribution in [1.82, 2.24) is 9.80 Å². The van der Waals surface area contributed by atoms with Gasteiger partial charge in [0.25, 0.3) is 0 Å². The van der Waals surface area contributed by atoms with Crippen molar-refractivity contribution in [3.63, 3.8) is 0 Å². The van der Waals surface area contributed by atoms with Crippen molar-refractivity contribution in [3.8, 4) is 0 Å². The maximum atomic E-state index is 6.04. The van der Waals surface area contributed by atoms with Crippen LogP contribution in [0, 0.1) is 5.92 Å². The second kappa shape index (κ2) is 5.25. The highest BCUT2D eigenvalue weighted by atomic mass is 15.3. The summed E-state index contributed by atoms with van der Waals surface area (Å²) in [6, 6.07) is 0.768. The molecule has 2 aliphatic rings. The largest absolute Gasteiger partial charge is 0.329 e. The molecule has 0 aromatic heterocycles. The topological polar surface area (TPSA) is 32.5 Å². The Kier molecular flexibility index (Phi) is 4.11. The molecule has 1 aliphatic carbocycles. The van der Waals surface area contributed by atoms with Crippen LogP contribution in [0.3, 0.4) is 0 Å². The fraction of sp³-hybridized carbons (Fsp3) is 1.00. The van der Waals surface area contributed by atoms with Crippen molar-refractivity contribution in [2.24, 2.45) is 11.7 Å². The Bertz CT molecular complexity index is 244. The molecule has 0 radical (unpaired) electrons. The molecule has 1 heterocycles. The first-order chi connectivity index (χ1) is 8.15. The average molecular weight is 239 g/mol. The molecule has 17 heavy (non-hydrogen) atoms. The van der Waals surface area contributed by atoms with Gasteiger partial charge >= 0.3 is 0 Å². The summed E-state index contributed by atoms with van der Waals surface area (Å²) in [5.41, 5.74) is 6.40. The van der Waals surface area contributed by atoms with Gasteiger partial charge in [0.15, 0.2) is 0 Å². The highest BCUT2D eigenvalue weighted by Crippen LogP contribution is 2.43. The molecule has 0 bridgehead atoms. The molecule has 3 nitrogen and oxygen atoms in total. The standard InChI is InChI=1S/C14H29N3/c1-4-16(5-2)13-6-7-17(10-13)14(11-15)8-12(3)9-14/h12-13H,4-11,15H2,1-3H3. The van der Waals surface area contributed by atoms with Gasteiger partial charge in [-0.2, -0.15) is 0 Å². The highest BCUT2D eigenvalue weighted by Gasteiger charge is 2.47. The number of likely N-dealkylation sites (tertiary alicyclic amines) is 1. The molecule has 2 rings (SSSR count). The molecular weight excluding hydrogens is 210 g/mol. The molecular formula is C14H29N3. The van der Waals surface area contributed by atoms with Gasteiger partial charge in [0.05, 0.1) is 0 Å². The lowest BCUT2D eigenvalue weighted by Gasteiger charge is -2.52. The van der Waals surface area contributed by atoms with Crippen LogP contribution in [-0.4, -0.2) is 54.1 Å². The fourth-order valence-corrected chi connectivity index (χ4v) is 4.00. The monoisotopic (exact) mass is 239 g/mol. The van der Waals surface area contributed by atoms with Crippen molar-refractivity contribution in [3.05, 3.63) is 0 Å². The maximum Gasteiger partial charge on any atom is 0.0337 e. The molecule has 1 saturated carbocycles. The number of hydrogen-bond acceptors (Lipinski definition) is 3. The lowest BCUT2D eigenvalue weighted by atomic mass is 9.68. The fourth-order valence-electron chi connectivity index (χ4n) is 4.00. The van der Waals surface area contributed by atoms with Gasteiger partial charge in [0.1, 0.15) is 0 Å². The van der Waals surface area contributed by atoms with Gasteiger partial charge in [-0.15, -0.1) is 0 Å². The average Bonchev–Trinajstić information content (AvgIpc) is 2.76. The summed E-state index contributed by atoms with van der Waals surface area (Å²) in [4.78, 5) is 5.29. The Labute approximate surface area is 106 Å². The van der Waals surface area contributed by atoms with Crippen LogP contribution in [0.15, 0.2) is 0 Å². The Morgan fingerprint density at radius 3 is 2.41 bits per heavy atom. The SMILES string of the molecule is CCN(CC)C1CCN(C2(CN)CC(C)C2)C1. The summed E-state index contributed by atoms with van der Waals surface area (Å²) in [6.45, 7) is 12.6. The first kappa shape index (κ1) is 13.3. The minimum absolute atomic E-state index is 0.362. The van der Waals surface area contributed by atoms with Gasteiger partial charge in [-0.25, -0.2) is 0 Å². The minimum atomic E-state index is 0.362. The summed E-state index contributed by atoms with van der Waals surface area (Å²) < 4.78 is 0. The molecule has 0 aromatic carbocycles. The number of nitrogens with two attached hydrogens (primary N) is 1. The van der Waals surface area contributed by atoms with Crippen LogP contribution in [0.1, 0.15) is 40.0 Å². The number of likely N-dealkylation sites (N-methyl/N-ethyl adjacent to an activating group) is 1. The van der Waals surface area contributed by atoms with E-state index in [-0.39, 0.29) is 0 Å². The third-order valence-corrected chi connectivity index (χ3v) is 5.00. The summed E-state index contributed by atoms with van der Waals surface area (Å²) in [7, 11) is 0. The molecule has 1 saturated heterocycles. The normalized spacial score (nSPS) is 38.6. The van der Waals surface area contributed by atoms with Crippen molar-refractivity contribution in [2.45, 2.75) is 51.6 Å². The summed E-state index contributed by atoms with van der Waals surface area (Å²) in [6.07, 6.45) is 3.96. The Morgan fingerprint density at radius 1 is 1.29 bits per heavy atom. The van der Waals surface area contributed by atoms with Crippen molar-refractivity contribution in [2.75, 3.05) is 32.7 Å². The summed E-state index contributed by atoms with van der Waals surface area (Å²) in [5, 5.41) is 0. The van der Waals surface area contributed by atoms with Gasteiger partial charge in [0, 0.05) is 31.2 Å². The zero-order valence-corrected chi connectivity index (χ0v) is 11.8. The van der Waals surface area contributed by atoms with Crippen LogP contribution in [-0.2, 0) is 0 Å². The third kappa shape index (κ3) is 2.38. The summed E-state index contributed by atoms with van der Waals surface area (Å²) in [5.74, 6) is 0.881. The first-order valence-corrected chi connectivity index (χ1v) is 7.34. The molecule has 0 aromatic rings. The Morgan fingerprint density at radius 2 is 1.94 bits per heavy atom. The van der Waals surface area contributed by atoms with Gasteiger partial charge in [-0.1, -0.05) is 20.8 Å². The number of hydrogen-bond donors (Lipinski definition) is 1. The van der Waals surface area contributed by atoms with E-state index < -0.39 is 0 Å². The second-order valence-corrected chi connectivity index (χ2v) is 6.05. The van der Waals surface area contributed by atoms with Crippen LogP contribution < -0.4 is 5.73 Å². The van der Waals surface area contributed by atoms with E-state index in [2.05, 4.69) is 30.6 Å². The molecule has 1 unspecified atom stereocenters. The number of rotatable bonds is 5. The molecule has 0 spiro atoms. The highest BCUT2D eigenvalue weighted by molar-refractivity contribution is 5.05. The zero-order chi connectivity index (χ0) is 12.5. The summed E-state index contributed by atoms with van der Waals surface area (Å²) >= 11 is 0. The van der Waals surface area contributed by atoms with E-state index >= 15 is 0 Å². The third-order valence-electron chi connectivity index (χ3n) is 5.00. The van der Waals surface area contributed by atoms with E-state index in [1.165, 1.54) is 45.4 Å². The minimum Gasteiger partial charge on any atom is -0.329 e. The molecule has 2 N–H and O–H groups in total. The maximum absolute atomic E-state index is 6.04. The van der Waals surface area contributed by atoms with E-state index in [1.54, 1.807) is 0 Å². The van der Waals surface area contributed by atoms with Crippen LogP contribution >= 0.6 is 0 Å². The molecule has 1 aliphatic heterocycles. The second-order valence-electron chi connectivity index (χ2n) is 6.05. The molecule has 100 valence electrons. The van der Waals surface area contributed by atoms with Crippen molar-refractivity contribution >= 4 is 0 Å². The van der Waals surface area contributed by atoms with Crippen LogP contribution in [0.4, 0.5) is 0 Å². The van der Waals surface area contributed by atoms with Gasteiger partial charge in [-0.05, 0) is 38.3 Å². The van der Waals surface area contributed by atoms with E-state index in [1.807, 2.05) is 0 Å². The van der Waals surface area contributed by atoms with Crippen molar-refractivity contribution < 1.29 is 0 Å². The quantitative estimate of drug-likeness (QED) is 0.790. The Hall–Kier alpha value is -0.120. The van der Waals surface area contributed by atoms with Crippen molar-refractivity contribution in [1.29, 1.82) is 0 Å². The zero-order valence-electron chi connectivity index (χ0n) is 11.8. The molecule has 3 heteroatoms. The Balaban J connectivity index is 1.93. The van der Waals surface area contributed by atoms with E-state index in [4.69, 9.17) is 5.73 Å². The first-order valence-electron chi connectivity index (χ1n) is 7.34. The van der Waals surface area contributed by atoms with Crippen LogP contribution in [0.2, 0.25) is 0 Å². The lowest BCUT2D eigenvalue weighted by molar-refractivity contribution is -0.000834. The van der Waals surface area contributed by atoms with E-state index in [0.717, 1.165) is 18.5 Å². The predicted octanol–water partition coefficient (Wildman–Crippen LogP) is 1.53. The number of nitrogens with zero attached hydrogens (tertiary/aromatic N) is 2. The van der Waals surface area contributed by atoms with Gasteiger partial charge in [0.2, 0.25) is 0 Å². The van der Waals surface area contributed by atoms with E-state index in [9.17, 15) is 0 Å². The lowest BCUT2D eigenvalue weighted by Crippen LogP contribution is -2.61. The molecule has 2 fully saturated rings. The predicted molar refractivity (Wildman–Crippen MR) is 73.1 cm³/mol. The molecule has 0 amide bonds. The van der Waals surface area contributed by atoms with Gasteiger partial charge < -0.3 is 5.73 Å². The van der Waals surface area contributed by atoms with E-state index in [0.29, 0.717) is 5.54 Å². The molecule has 1 atom stereocenters. The van der Waals surface area contributed by atoms with Crippen LogP contribution in [0.25, 0.3) is 0 Å². The smallest absolute Gasteiger partial charge is 0.0337 e. The van der Waals surface area contributed by atoms with Crippen LogP contribution in [0.5, 0.6) is 0 Å².